The summed E-state index contributed by atoms with van der Waals surface area (Å²) in [5, 5.41) is 12.8. The topological polar surface area (TPSA) is 32.3 Å². The summed E-state index contributed by atoms with van der Waals surface area (Å²) in [6.45, 7) is 5.73. The van der Waals surface area contributed by atoms with E-state index < -0.39 is 17.8 Å². The molecule has 0 bridgehead atoms. The number of β-amino-alcohol motifs (C(OH)–C–C–N with tert-alkyl or cyclic N) is 1. The molecule has 5 heteroatoms. The van der Waals surface area contributed by atoms with E-state index in [0.717, 1.165) is 6.07 Å². The predicted octanol–water partition coefficient (Wildman–Crippen LogP) is 3.13. The van der Waals surface area contributed by atoms with Crippen molar-refractivity contribution >= 4 is 0 Å². The van der Waals surface area contributed by atoms with Crippen molar-refractivity contribution in [2.75, 3.05) is 6.54 Å². The SMILES string of the molecule is CC(C)(C)NCC(O)c1ccccc1C(F)(F)F. The first-order valence-electron chi connectivity index (χ1n) is 5.70. The van der Waals surface area contributed by atoms with Gasteiger partial charge in [0.05, 0.1) is 11.7 Å². The normalized spacial score (nSPS) is 14.6. The molecule has 0 radical (unpaired) electrons. The summed E-state index contributed by atoms with van der Waals surface area (Å²) < 4.78 is 38.3. The molecule has 102 valence electrons. The first-order valence-corrected chi connectivity index (χ1v) is 5.70. The van der Waals surface area contributed by atoms with Gasteiger partial charge in [0.2, 0.25) is 0 Å². The Morgan fingerprint density at radius 2 is 1.72 bits per heavy atom. The van der Waals surface area contributed by atoms with Crippen LogP contribution in [-0.2, 0) is 6.18 Å². The summed E-state index contributed by atoms with van der Waals surface area (Å²) in [5.41, 5.74) is -1.14. The van der Waals surface area contributed by atoms with Crippen LogP contribution >= 0.6 is 0 Å². The van der Waals surface area contributed by atoms with Crippen LogP contribution in [0.25, 0.3) is 0 Å². The lowest BCUT2D eigenvalue weighted by molar-refractivity contribution is -0.139. The highest BCUT2D eigenvalue weighted by molar-refractivity contribution is 5.31. The van der Waals surface area contributed by atoms with E-state index in [1.807, 2.05) is 20.8 Å². The zero-order valence-corrected chi connectivity index (χ0v) is 10.7. The molecule has 1 atom stereocenters. The number of aliphatic hydroxyl groups excluding tert-OH is 1. The van der Waals surface area contributed by atoms with E-state index in [0.29, 0.717) is 0 Å². The number of hydrogen-bond donors (Lipinski definition) is 2. The fourth-order valence-electron chi connectivity index (χ4n) is 1.56. The molecular weight excluding hydrogens is 243 g/mol. The van der Waals surface area contributed by atoms with Crippen LogP contribution in [0.2, 0.25) is 0 Å². The van der Waals surface area contributed by atoms with E-state index in [9.17, 15) is 18.3 Å². The first-order chi connectivity index (χ1) is 8.11. The maximum absolute atomic E-state index is 12.8. The molecule has 0 spiro atoms. The summed E-state index contributed by atoms with van der Waals surface area (Å²) in [4.78, 5) is 0. The minimum absolute atomic E-state index is 0.0800. The number of halogens is 3. The van der Waals surface area contributed by atoms with Gasteiger partial charge in [-0.2, -0.15) is 13.2 Å². The van der Waals surface area contributed by atoms with Gasteiger partial charge in [0.25, 0.3) is 0 Å². The zero-order valence-electron chi connectivity index (χ0n) is 10.7. The van der Waals surface area contributed by atoms with Crippen LogP contribution in [-0.4, -0.2) is 17.2 Å². The largest absolute Gasteiger partial charge is 0.416 e. The standard InChI is InChI=1S/C13H18F3NO/c1-12(2,3)17-8-11(18)9-6-4-5-7-10(9)13(14,15)16/h4-7,11,17-18H,8H2,1-3H3. The third kappa shape index (κ3) is 4.31. The molecule has 0 aromatic heterocycles. The van der Waals surface area contributed by atoms with Crippen molar-refractivity contribution < 1.29 is 18.3 Å². The molecule has 1 rings (SSSR count). The third-order valence-electron chi connectivity index (χ3n) is 2.45. The maximum atomic E-state index is 12.8. The fraction of sp³-hybridized carbons (Fsp3) is 0.538. The highest BCUT2D eigenvalue weighted by Gasteiger charge is 2.34. The Labute approximate surface area is 105 Å². The molecule has 1 unspecified atom stereocenters. The smallest absolute Gasteiger partial charge is 0.387 e. The second-order valence-electron chi connectivity index (χ2n) is 5.23. The van der Waals surface area contributed by atoms with Crippen LogP contribution in [0.5, 0.6) is 0 Å². The van der Waals surface area contributed by atoms with E-state index in [-0.39, 0.29) is 17.6 Å². The summed E-state index contributed by atoms with van der Waals surface area (Å²) in [7, 11) is 0. The van der Waals surface area contributed by atoms with Gasteiger partial charge in [-0.15, -0.1) is 0 Å². The highest BCUT2D eigenvalue weighted by Crippen LogP contribution is 2.34. The quantitative estimate of drug-likeness (QED) is 0.876. The monoisotopic (exact) mass is 261 g/mol. The molecule has 0 heterocycles. The van der Waals surface area contributed by atoms with Crippen LogP contribution in [0.4, 0.5) is 13.2 Å². The lowest BCUT2D eigenvalue weighted by Crippen LogP contribution is -2.38. The van der Waals surface area contributed by atoms with Gasteiger partial charge in [-0.25, -0.2) is 0 Å². The molecule has 1 aromatic carbocycles. The van der Waals surface area contributed by atoms with Crippen LogP contribution in [0.3, 0.4) is 0 Å². The third-order valence-corrected chi connectivity index (χ3v) is 2.45. The number of benzene rings is 1. The molecule has 18 heavy (non-hydrogen) atoms. The maximum Gasteiger partial charge on any atom is 0.416 e. The molecule has 2 nitrogen and oxygen atoms in total. The molecule has 0 aliphatic carbocycles. The second-order valence-corrected chi connectivity index (χ2v) is 5.23. The van der Waals surface area contributed by atoms with Gasteiger partial charge in [0, 0.05) is 12.1 Å². The number of hydrogen-bond acceptors (Lipinski definition) is 2. The molecule has 0 saturated heterocycles. The summed E-state index contributed by atoms with van der Waals surface area (Å²) in [5.74, 6) is 0. The lowest BCUT2D eigenvalue weighted by atomic mass is 10.0. The van der Waals surface area contributed by atoms with E-state index in [4.69, 9.17) is 0 Å². The van der Waals surface area contributed by atoms with Crippen LogP contribution in [0, 0.1) is 0 Å². The Morgan fingerprint density at radius 1 is 1.17 bits per heavy atom. The van der Waals surface area contributed by atoms with Crippen LogP contribution in [0.15, 0.2) is 24.3 Å². The highest BCUT2D eigenvalue weighted by atomic mass is 19.4. The van der Waals surface area contributed by atoms with Crippen molar-refractivity contribution in [3.8, 4) is 0 Å². The first kappa shape index (κ1) is 15.0. The van der Waals surface area contributed by atoms with Crippen LogP contribution in [0.1, 0.15) is 38.0 Å². The molecule has 1 aromatic rings. The zero-order chi connectivity index (χ0) is 14.0. The molecule has 0 aliphatic rings. The van der Waals surface area contributed by atoms with Gasteiger partial charge in [-0.1, -0.05) is 18.2 Å². The van der Waals surface area contributed by atoms with E-state index in [1.165, 1.54) is 18.2 Å². The van der Waals surface area contributed by atoms with Crippen LogP contribution < -0.4 is 5.32 Å². The van der Waals surface area contributed by atoms with Crippen molar-refractivity contribution in [3.05, 3.63) is 35.4 Å². The predicted molar refractivity (Wildman–Crippen MR) is 64.2 cm³/mol. The molecule has 2 N–H and O–H groups in total. The van der Waals surface area contributed by atoms with Gasteiger partial charge in [-0.3, -0.25) is 0 Å². The number of rotatable bonds is 3. The average Bonchev–Trinajstić information content (AvgIpc) is 2.24. The minimum atomic E-state index is -4.45. The van der Waals surface area contributed by atoms with Crippen molar-refractivity contribution in [3.63, 3.8) is 0 Å². The molecule has 0 aliphatic heterocycles. The van der Waals surface area contributed by atoms with Gasteiger partial charge in [0.15, 0.2) is 0 Å². The number of alkyl halides is 3. The summed E-state index contributed by atoms with van der Waals surface area (Å²) >= 11 is 0. The van der Waals surface area contributed by atoms with Crippen molar-refractivity contribution in [2.45, 2.75) is 38.6 Å². The number of nitrogens with one attached hydrogen (secondary N) is 1. The molecular formula is C13H18F3NO. The Hall–Kier alpha value is -1.07. The fourth-order valence-corrected chi connectivity index (χ4v) is 1.56. The Kier molecular flexibility index (Phi) is 4.40. The number of aliphatic hydroxyl groups is 1. The second kappa shape index (κ2) is 5.28. The van der Waals surface area contributed by atoms with Gasteiger partial charge < -0.3 is 10.4 Å². The molecule has 0 amide bonds. The van der Waals surface area contributed by atoms with Crippen molar-refractivity contribution in [1.82, 2.24) is 5.32 Å². The van der Waals surface area contributed by atoms with Gasteiger partial charge in [0.1, 0.15) is 0 Å². The Balaban J connectivity index is 2.89. The minimum Gasteiger partial charge on any atom is -0.387 e. The van der Waals surface area contributed by atoms with E-state index in [1.54, 1.807) is 0 Å². The van der Waals surface area contributed by atoms with Gasteiger partial charge >= 0.3 is 6.18 Å². The summed E-state index contributed by atoms with van der Waals surface area (Å²) in [6.07, 6.45) is -5.62. The van der Waals surface area contributed by atoms with E-state index in [2.05, 4.69) is 5.32 Å². The molecule has 0 fully saturated rings. The average molecular weight is 261 g/mol. The van der Waals surface area contributed by atoms with Crippen molar-refractivity contribution in [1.29, 1.82) is 0 Å². The summed E-state index contributed by atoms with van der Waals surface area (Å²) in [6, 6.07) is 5.09. The molecule has 0 saturated carbocycles. The Morgan fingerprint density at radius 3 is 2.22 bits per heavy atom. The lowest BCUT2D eigenvalue weighted by Gasteiger charge is -2.24. The van der Waals surface area contributed by atoms with E-state index >= 15 is 0 Å². The Bertz CT molecular complexity index is 396. The van der Waals surface area contributed by atoms with Crippen molar-refractivity contribution in [2.24, 2.45) is 0 Å². The van der Waals surface area contributed by atoms with Gasteiger partial charge in [-0.05, 0) is 32.4 Å².